The summed E-state index contributed by atoms with van der Waals surface area (Å²) in [7, 11) is 1.31. The molecule has 0 saturated carbocycles. The van der Waals surface area contributed by atoms with Gasteiger partial charge in [-0.25, -0.2) is 9.78 Å². The first kappa shape index (κ1) is 18.8. The Balaban J connectivity index is 1.44. The lowest BCUT2D eigenvalue weighted by Gasteiger charge is -2.09. The van der Waals surface area contributed by atoms with Crippen LogP contribution in [0.4, 0.5) is 5.00 Å². The summed E-state index contributed by atoms with van der Waals surface area (Å²) in [4.78, 5) is 45.7. The molecule has 0 spiro atoms. The molecular formula is C19H19N3O4S2. The van der Waals surface area contributed by atoms with Crippen molar-refractivity contribution in [3.8, 4) is 0 Å². The Morgan fingerprint density at radius 1 is 1.32 bits per heavy atom. The average Bonchev–Trinajstić information content (AvgIpc) is 3.30. The number of H-pyrrole nitrogens is 1. The summed E-state index contributed by atoms with van der Waals surface area (Å²) >= 11 is 2.86. The molecule has 3 aromatic heterocycles. The zero-order chi connectivity index (χ0) is 19.7. The molecule has 0 aliphatic heterocycles. The number of nitrogens with zero attached hydrogens (tertiary/aromatic N) is 1. The van der Waals surface area contributed by atoms with Gasteiger partial charge in [-0.3, -0.25) is 9.59 Å². The minimum atomic E-state index is -0.439. The van der Waals surface area contributed by atoms with E-state index in [1.807, 2.05) is 0 Å². The lowest BCUT2D eigenvalue weighted by Crippen LogP contribution is -2.16. The van der Waals surface area contributed by atoms with Crippen molar-refractivity contribution in [2.24, 2.45) is 0 Å². The Morgan fingerprint density at radius 2 is 2.14 bits per heavy atom. The minimum Gasteiger partial charge on any atom is -0.465 e. The summed E-state index contributed by atoms with van der Waals surface area (Å²) in [6.45, 7) is 0. The van der Waals surface area contributed by atoms with E-state index in [0.717, 1.165) is 41.5 Å². The van der Waals surface area contributed by atoms with Crippen LogP contribution in [0.2, 0.25) is 0 Å². The van der Waals surface area contributed by atoms with Crippen LogP contribution in [-0.4, -0.2) is 29.0 Å². The van der Waals surface area contributed by atoms with E-state index in [-0.39, 0.29) is 17.9 Å². The maximum absolute atomic E-state index is 12.5. The first-order valence-electron chi connectivity index (χ1n) is 9.05. The number of esters is 1. The van der Waals surface area contributed by atoms with Crippen molar-refractivity contribution in [1.82, 2.24) is 9.97 Å². The van der Waals surface area contributed by atoms with Crippen molar-refractivity contribution < 1.29 is 14.3 Å². The second-order valence-electron chi connectivity index (χ2n) is 6.64. The van der Waals surface area contributed by atoms with Gasteiger partial charge in [0.25, 0.3) is 5.56 Å². The topological polar surface area (TPSA) is 101 Å². The fourth-order valence-corrected chi connectivity index (χ4v) is 5.45. The van der Waals surface area contributed by atoms with Crippen molar-refractivity contribution >= 4 is 49.8 Å². The van der Waals surface area contributed by atoms with Crippen molar-refractivity contribution in [2.45, 2.75) is 38.5 Å². The van der Waals surface area contributed by atoms with Crippen LogP contribution in [0.5, 0.6) is 0 Å². The second kappa shape index (κ2) is 7.84. The fraction of sp³-hybridized carbons (Fsp3) is 0.368. The number of thiophene rings is 2. The van der Waals surface area contributed by atoms with E-state index in [1.54, 1.807) is 22.8 Å². The number of carbonyl (C=O) groups is 2. The first-order valence-corrected chi connectivity index (χ1v) is 10.7. The van der Waals surface area contributed by atoms with Gasteiger partial charge in [-0.2, -0.15) is 0 Å². The Morgan fingerprint density at radius 3 is 2.96 bits per heavy atom. The molecule has 0 atom stereocenters. The molecule has 3 aromatic rings. The summed E-state index contributed by atoms with van der Waals surface area (Å²) in [5.41, 5.74) is 1.45. The number of ether oxygens (including phenoxy) is 1. The third-order valence-electron chi connectivity index (χ3n) is 4.75. The third kappa shape index (κ3) is 3.72. The van der Waals surface area contributed by atoms with E-state index in [9.17, 15) is 14.4 Å². The number of aromatic nitrogens is 2. The maximum atomic E-state index is 12.5. The number of aryl methyl sites for hydroxylation is 3. The quantitative estimate of drug-likeness (QED) is 0.621. The molecule has 28 heavy (non-hydrogen) atoms. The van der Waals surface area contributed by atoms with Crippen LogP contribution in [-0.2, 0) is 28.8 Å². The highest BCUT2D eigenvalue weighted by Gasteiger charge is 2.20. The van der Waals surface area contributed by atoms with Crippen molar-refractivity contribution in [3.05, 3.63) is 43.6 Å². The van der Waals surface area contributed by atoms with Gasteiger partial charge in [0.05, 0.1) is 23.1 Å². The highest BCUT2D eigenvalue weighted by Crippen LogP contribution is 2.33. The molecule has 4 rings (SSSR count). The molecule has 1 amide bonds. The second-order valence-corrected chi connectivity index (χ2v) is 8.64. The fourth-order valence-electron chi connectivity index (χ4n) is 3.39. The van der Waals surface area contributed by atoms with E-state index in [2.05, 4.69) is 20.0 Å². The summed E-state index contributed by atoms with van der Waals surface area (Å²) in [6, 6.07) is 1.58. The molecule has 0 radical (unpaired) electrons. The first-order chi connectivity index (χ1) is 13.5. The molecule has 0 unspecified atom stereocenters. The molecule has 9 heteroatoms. The summed E-state index contributed by atoms with van der Waals surface area (Å²) < 4.78 is 4.65. The van der Waals surface area contributed by atoms with Crippen molar-refractivity contribution in [2.75, 3.05) is 12.4 Å². The molecule has 1 aliphatic carbocycles. The summed E-state index contributed by atoms with van der Waals surface area (Å²) in [6.07, 6.45) is 4.75. The number of nitrogens with one attached hydrogen (secondary N) is 2. The number of rotatable bonds is 5. The van der Waals surface area contributed by atoms with Crippen molar-refractivity contribution in [1.29, 1.82) is 0 Å². The standard InChI is InChI=1S/C19H19N3O4S2/c1-26-19(25)10-8-15(27-9-10)22-14(23)7-6-13-20-17(24)16-11-4-2-3-5-12(11)28-18(16)21-13/h8-9H,2-7H2,1H3,(H,22,23)(H,20,21,24). The number of amides is 1. The largest absolute Gasteiger partial charge is 0.465 e. The lowest BCUT2D eigenvalue weighted by molar-refractivity contribution is -0.116. The molecule has 0 fully saturated rings. The zero-order valence-electron chi connectivity index (χ0n) is 15.3. The van der Waals surface area contributed by atoms with Gasteiger partial charge in [0, 0.05) is 23.1 Å². The highest BCUT2D eigenvalue weighted by molar-refractivity contribution is 7.18. The van der Waals surface area contributed by atoms with E-state index in [0.29, 0.717) is 22.8 Å². The molecule has 0 bridgehead atoms. The highest BCUT2D eigenvalue weighted by atomic mass is 32.1. The van der Waals surface area contributed by atoms with Gasteiger partial charge in [0.1, 0.15) is 10.7 Å². The van der Waals surface area contributed by atoms with E-state index >= 15 is 0 Å². The predicted molar refractivity (Wildman–Crippen MR) is 109 cm³/mol. The number of aromatic amines is 1. The number of fused-ring (bicyclic) bond motifs is 3. The van der Waals surface area contributed by atoms with E-state index in [4.69, 9.17) is 0 Å². The van der Waals surface area contributed by atoms with Gasteiger partial charge >= 0.3 is 5.97 Å². The van der Waals surface area contributed by atoms with E-state index in [1.165, 1.54) is 23.3 Å². The van der Waals surface area contributed by atoms with E-state index < -0.39 is 5.97 Å². The van der Waals surface area contributed by atoms with Crippen LogP contribution in [0.25, 0.3) is 10.2 Å². The SMILES string of the molecule is COC(=O)c1csc(NC(=O)CCc2nc3sc4c(c3c(=O)[nH]2)CCCC4)c1. The molecule has 0 aromatic carbocycles. The smallest absolute Gasteiger partial charge is 0.338 e. The maximum Gasteiger partial charge on any atom is 0.338 e. The Bertz CT molecular complexity index is 1110. The average molecular weight is 418 g/mol. The number of anilines is 1. The molecular weight excluding hydrogens is 398 g/mol. The van der Waals surface area contributed by atoms with Gasteiger partial charge in [0.2, 0.25) is 5.91 Å². The normalized spacial score (nSPS) is 13.3. The number of carbonyl (C=O) groups excluding carboxylic acids is 2. The van der Waals surface area contributed by atoms with Gasteiger partial charge < -0.3 is 15.0 Å². The van der Waals surface area contributed by atoms with Gasteiger partial charge in [-0.15, -0.1) is 22.7 Å². The molecule has 2 N–H and O–H groups in total. The van der Waals surface area contributed by atoms with Crippen LogP contribution in [0.15, 0.2) is 16.2 Å². The predicted octanol–water partition coefficient (Wildman–Crippen LogP) is 3.28. The zero-order valence-corrected chi connectivity index (χ0v) is 16.9. The minimum absolute atomic E-state index is 0.110. The molecule has 7 nitrogen and oxygen atoms in total. The monoisotopic (exact) mass is 417 g/mol. The summed E-state index contributed by atoms with van der Waals surface area (Å²) in [5.74, 6) is -0.121. The van der Waals surface area contributed by atoms with Crippen LogP contribution in [0.1, 0.15) is 45.9 Å². The van der Waals surface area contributed by atoms with Gasteiger partial charge in [-0.05, 0) is 37.3 Å². The van der Waals surface area contributed by atoms with Gasteiger partial charge in [0.15, 0.2) is 0 Å². The van der Waals surface area contributed by atoms with Crippen LogP contribution in [0, 0.1) is 0 Å². The Labute approximate surface area is 168 Å². The van der Waals surface area contributed by atoms with Crippen LogP contribution >= 0.6 is 22.7 Å². The Hall–Kier alpha value is -2.52. The molecule has 3 heterocycles. The Kier molecular flexibility index (Phi) is 5.27. The van der Waals surface area contributed by atoms with Crippen LogP contribution in [0.3, 0.4) is 0 Å². The third-order valence-corrected chi connectivity index (χ3v) is 6.78. The number of hydrogen-bond acceptors (Lipinski definition) is 7. The number of hydrogen-bond donors (Lipinski definition) is 2. The van der Waals surface area contributed by atoms with Crippen molar-refractivity contribution in [3.63, 3.8) is 0 Å². The number of methoxy groups -OCH3 is 1. The summed E-state index contributed by atoms with van der Waals surface area (Å²) in [5, 5.41) is 5.69. The van der Waals surface area contributed by atoms with Crippen LogP contribution < -0.4 is 10.9 Å². The van der Waals surface area contributed by atoms with Gasteiger partial charge in [-0.1, -0.05) is 0 Å². The molecule has 146 valence electrons. The molecule has 0 saturated heterocycles. The molecule has 1 aliphatic rings. The lowest BCUT2D eigenvalue weighted by atomic mass is 9.97.